The largest absolute Gasteiger partial charge is 0.277 e. The Hall–Kier alpha value is -3.66. The molecule has 1 fully saturated rings. The second kappa shape index (κ2) is 6.20. The SMILES string of the molecule is CN1C(=O)c2ccc(CN3C(=O)CC(ON4C(=O)C=CC4=O)C3=O)cc2C1=O. The van der Waals surface area contributed by atoms with Crippen molar-refractivity contribution in [1.29, 1.82) is 0 Å². The molecule has 1 atom stereocenters. The zero-order chi connectivity index (χ0) is 20.2. The average Bonchev–Trinajstić information content (AvgIpc) is 3.21. The normalized spacial score (nSPS) is 21.6. The van der Waals surface area contributed by atoms with Crippen LogP contribution >= 0.6 is 0 Å². The maximum absolute atomic E-state index is 12.5. The number of imide groups is 3. The summed E-state index contributed by atoms with van der Waals surface area (Å²) in [5.41, 5.74) is 0.943. The maximum atomic E-state index is 12.5. The van der Waals surface area contributed by atoms with Crippen LogP contribution in [0.3, 0.4) is 0 Å². The van der Waals surface area contributed by atoms with Crippen LogP contribution in [0.25, 0.3) is 0 Å². The molecule has 0 aromatic heterocycles. The van der Waals surface area contributed by atoms with Gasteiger partial charge in [-0.25, -0.2) is 4.84 Å². The third-order valence-electron chi connectivity index (χ3n) is 4.70. The summed E-state index contributed by atoms with van der Waals surface area (Å²) >= 11 is 0. The van der Waals surface area contributed by atoms with Gasteiger partial charge in [-0.3, -0.25) is 38.6 Å². The van der Waals surface area contributed by atoms with Gasteiger partial charge in [0, 0.05) is 19.2 Å². The minimum absolute atomic E-state index is 0.129. The molecule has 1 aromatic carbocycles. The van der Waals surface area contributed by atoms with Crippen molar-refractivity contribution in [2.24, 2.45) is 0 Å². The first-order chi connectivity index (χ1) is 13.3. The Kier molecular flexibility index (Phi) is 3.93. The molecule has 0 bridgehead atoms. The topological polar surface area (TPSA) is 121 Å². The highest BCUT2D eigenvalue weighted by molar-refractivity contribution is 6.21. The van der Waals surface area contributed by atoms with E-state index in [2.05, 4.69) is 0 Å². The van der Waals surface area contributed by atoms with Crippen LogP contribution in [0, 0.1) is 0 Å². The molecule has 3 aliphatic heterocycles. The van der Waals surface area contributed by atoms with Gasteiger partial charge in [-0.05, 0) is 17.7 Å². The molecular weight excluding hydrogens is 370 g/mol. The van der Waals surface area contributed by atoms with Crippen LogP contribution < -0.4 is 0 Å². The lowest BCUT2D eigenvalue weighted by Gasteiger charge is -2.18. The number of benzene rings is 1. The fraction of sp³-hybridized carbons (Fsp3) is 0.222. The first-order valence-electron chi connectivity index (χ1n) is 8.30. The molecule has 0 radical (unpaired) electrons. The zero-order valence-corrected chi connectivity index (χ0v) is 14.6. The van der Waals surface area contributed by atoms with Crippen LogP contribution in [-0.2, 0) is 30.6 Å². The number of fused-ring (bicyclic) bond motifs is 1. The Morgan fingerprint density at radius 3 is 2.29 bits per heavy atom. The van der Waals surface area contributed by atoms with Crippen molar-refractivity contribution in [3.63, 3.8) is 0 Å². The van der Waals surface area contributed by atoms with E-state index in [4.69, 9.17) is 4.84 Å². The van der Waals surface area contributed by atoms with Crippen molar-refractivity contribution >= 4 is 35.4 Å². The van der Waals surface area contributed by atoms with E-state index >= 15 is 0 Å². The van der Waals surface area contributed by atoms with Gasteiger partial charge in [-0.1, -0.05) is 6.07 Å². The van der Waals surface area contributed by atoms with Crippen LogP contribution in [0.5, 0.6) is 0 Å². The zero-order valence-electron chi connectivity index (χ0n) is 14.6. The first-order valence-corrected chi connectivity index (χ1v) is 8.30. The molecular formula is C18H13N3O7. The molecule has 1 aromatic rings. The molecule has 3 heterocycles. The fourth-order valence-corrected chi connectivity index (χ4v) is 3.21. The summed E-state index contributed by atoms with van der Waals surface area (Å²) in [7, 11) is 1.37. The number of hydrogen-bond donors (Lipinski definition) is 0. The molecule has 0 N–H and O–H groups in total. The van der Waals surface area contributed by atoms with Crippen molar-refractivity contribution in [3.05, 3.63) is 47.0 Å². The molecule has 142 valence electrons. The molecule has 28 heavy (non-hydrogen) atoms. The Bertz CT molecular complexity index is 994. The number of amides is 6. The quantitative estimate of drug-likeness (QED) is 0.636. The van der Waals surface area contributed by atoms with Gasteiger partial charge in [0.2, 0.25) is 5.91 Å². The number of carbonyl (C=O) groups excluding carboxylic acids is 6. The minimum Gasteiger partial charge on any atom is -0.277 e. The van der Waals surface area contributed by atoms with Crippen molar-refractivity contribution in [3.8, 4) is 0 Å². The van der Waals surface area contributed by atoms with Crippen molar-refractivity contribution in [1.82, 2.24) is 14.9 Å². The molecule has 0 spiro atoms. The maximum Gasteiger partial charge on any atom is 0.277 e. The standard InChI is InChI=1S/C18H13N3O7/c1-19-16(25)10-3-2-9(6-11(10)17(19)26)8-20-15(24)7-12(18(20)27)28-21-13(22)4-5-14(21)23/h2-6,12H,7-8H2,1H3. The van der Waals surface area contributed by atoms with E-state index in [1.807, 2.05) is 0 Å². The summed E-state index contributed by atoms with van der Waals surface area (Å²) in [5.74, 6) is -3.56. The molecule has 10 heteroatoms. The summed E-state index contributed by atoms with van der Waals surface area (Å²) in [6, 6.07) is 4.49. The summed E-state index contributed by atoms with van der Waals surface area (Å²) in [6.07, 6.45) is 0.396. The van der Waals surface area contributed by atoms with E-state index in [1.165, 1.54) is 19.2 Å². The van der Waals surface area contributed by atoms with Gasteiger partial charge in [0.1, 0.15) is 0 Å². The fourth-order valence-electron chi connectivity index (χ4n) is 3.21. The van der Waals surface area contributed by atoms with Gasteiger partial charge in [0.15, 0.2) is 6.10 Å². The minimum atomic E-state index is -1.29. The van der Waals surface area contributed by atoms with Gasteiger partial charge in [-0.2, -0.15) is 0 Å². The van der Waals surface area contributed by atoms with E-state index in [-0.39, 0.29) is 24.1 Å². The second-order valence-electron chi connectivity index (χ2n) is 6.47. The van der Waals surface area contributed by atoms with Crippen molar-refractivity contribution in [2.75, 3.05) is 7.05 Å². The Labute approximate surface area is 157 Å². The van der Waals surface area contributed by atoms with Gasteiger partial charge in [0.05, 0.1) is 24.1 Å². The Morgan fingerprint density at radius 2 is 1.61 bits per heavy atom. The number of hydroxylamine groups is 2. The van der Waals surface area contributed by atoms with E-state index in [1.54, 1.807) is 6.07 Å². The number of likely N-dealkylation sites (tertiary alicyclic amines) is 1. The first kappa shape index (κ1) is 17.7. The van der Waals surface area contributed by atoms with Crippen LogP contribution in [-0.4, -0.2) is 63.5 Å². The van der Waals surface area contributed by atoms with Gasteiger partial charge in [0.25, 0.3) is 29.5 Å². The lowest BCUT2D eigenvalue weighted by Crippen LogP contribution is -2.39. The molecule has 6 amide bonds. The van der Waals surface area contributed by atoms with Crippen LogP contribution in [0.1, 0.15) is 32.7 Å². The van der Waals surface area contributed by atoms with Gasteiger partial charge in [-0.15, -0.1) is 5.06 Å². The van der Waals surface area contributed by atoms with Gasteiger partial charge >= 0.3 is 0 Å². The molecule has 1 unspecified atom stereocenters. The van der Waals surface area contributed by atoms with E-state index in [9.17, 15) is 28.8 Å². The highest BCUT2D eigenvalue weighted by Crippen LogP contribution is 2.25. The lowest BCUT2D eigenvalue weighted by molar-refractivity contribution is -0.200. The molecule has 0 aliphatic carbocycles. The summed E-state index contributed by atoms with van der Waals surface area (Å²) in [4.78, 5) is 78.9. The average molecular weight is 383 g/mol. The molecule has 3 aliphatic rings. The lowest BCUT2D eigenvalue weighted by atomic mass is 10.1. The Balaban J connectivity index is 1.50. The second-order valence-corrected chi connectivity index (χ2v) is 6.47. The molecule has 4 rings (SSSR count). The van der Waals surface area contributed by atoms with Gasteiger partial charge < -0.3 is 0 Å². The molecule has 1 saturated heterocycles. The van der Waals surface area contributed by atoms with Crippen LogP contribution in [0.15, 0.2) is 30.4 Å². The molecule has 10 nitrogen and oxygen atoms in total. The number of carbonyl (C=O) groups is 6. The summed E-state index contributed by atoms with van der Waals surface area (Å²) in [6.45, 7) is -0.129. The molecule has 0 saturated carbocycles. The summed E-state index contributed by atoms with van der Waals surface area (Å²) in [5, 5.41) is 0.439. The predicted octanol–water partition coefficient (Wildman–Crippen LogP) is -0.604. The highest BCUT2D eigenvalue weighted by atomic mass is 16.7. The predicted molar refractivity (Wildman–Crippen MR) is 88.9 cm³/mol. The van der Waals surface area contributed by atoms with Crippen molar-refractivity contribution in [2.45, 2.75) is 19.1 Å². The third-order valence-corrected chi connectivity index (χ3v) is 4.70. The smallest absolute Gasteiger partial charge is 0.277 e. The summed E-state index contributed by atoms with van der Waals surface area (Å²) < 4.78 is 0. The number of nitrogens with zero attached hydrogens (tertiary/aromatic N) is 3. The highest BCUT2D eigenvalue weighted by Gasteiger charge is 2.43. The monoisotopic (exact) mass is 383 g/mol. The van der Waals surface area contributed by atoms with Crippen molar-refractivity contribution < 1.29 is 33.6 Å². The number of hydrogen-bond acceptors (Lipinski definition) is 7. The van der Waals surface area contributed by atoms with E-state index in [0.29, 0.717) is 10.6 Å². The van der Waals surface area contributed by atoms with Crippen LogP contribution in [0.4, 0.5) is 0 Å². The van der Waals surface area contributed by atoms with E-state index < -0.39 is 41.5 Å². The van der Waals surface area contributed by atoms with Crippen LogP contribution in [0.2, 0.25) is 0 Å². The van der Waals surface area contributed by atoms with E-state index in [0.717, 1.165) is 22.0 Å². The Morgan fingerprint density at radius 1 is 0.964 bits per heavy atom. The third kappa shape index (κ3) is 2.62. The number of rotatable bonds is 4.